The van der Waals surface area contributed by atoms with Gasteiger partial charge < -0.3 is 10.2 Å². The Kier molecular flexibility index (Phi) is 7.30. The van der Waals surface area contributed by atoms with Gasteiger partial charge in [0, 0.05) is 17.2 Å². The number of thioether (sulfide) groups is 1. The molecule has 1 aromatic rings. The van der Waals surface area contributed by atoms with E-state index in [-0.39, 0.29) is 0 Å². The largest absolute Gasteiger partial charge is 0.316 e. The highest BCUT2D eigenvalue weighted by atomic mass is 32.2. The van der Waals surface area contributed by atoms with Gasteiger partial charge in [-0.3, -0.25) is 0 Å². The van der Waals surface area contributed by atoms with E-state index in [0.717, 1.165) is 18.8 Å². The van der Waals surface area contributed by atoms with E-state index >= 15 is 0 Å². The van der Waals surface area contributed by atoms with Crippen LogP contribution in [0.4, 0.5) is 0 Å². The third-order valence-corrected chi connectivity index (χ3v) is 3.26. The van der Waals surface area contributed by atoms with Gasteiger partial charge in [-0.15, -0.1) is 11.8 Å². The quantitative estimate of drug-likeness (QED) is 0.553. The zero-order valence-corrected chi connectivity index (χ0v) is 11.1. The lowest BCUT2D eigenvalue weighted by Gasteiger charge is -2.09. The van der Waals surface area contributed by atoms with Crippen molar-refractivity contribution in [3.05, 3.63) is 30.3 Å². The molecule has 0 unspecified atom stereocenters. The highest BCUT2D eigenvalue weighted by Crippen LogP contribution is 2.15. The first-order valence-electron chi connectivity index (χ1n) is 5.82. The molecule has 90 valence electrons. The van der Waals surface area contributed by atoms with Crippen molar-refractivity contribution in [2.24, 2.45) is 0 Å². The molecule has 0 saturated heterocycles. The second kappa shape index (κ2) is 8.62. The third-order valence-electron chi connectivity index (χ3n) is 2.25. The van der Waals surface area contributed by atoms with Gasteiger partial charge in [0.25, 0.3) is 0 Å². The number of nitrogens with zero attached hydrogens (tertiary/aromatic N) is 1. The highest BCUT2D eigenvalue weighted by Gasteiger charge is 1.93. The van der Waals surface area contributed by atoms with Crippen LogP contribution in [-0.2, 0) is 0 Å². The normalized spacial score (nSPS) is 10.9. The predicted octanol–water partition coefficient (Wildman–Crippen LogP) is 2.32. The Hall–Kier alpha value is -0.510. The molecule has 0 aliphatic rings. The van der Waals surface area contributed by atoms with Gasteiger partial charge in [0.2, 0.25) is 0 Å². The summed E-state index contributed by atoms with van der Waals surface area (Å²) in [6.07, 6.45) is 1.23. The molecule has 0 fully saturated rings. The average Bonchev–Trinajstić information content (AvgIpc) is 2.29. The molecule has 0 saturated carbocycles. The Labute approximate surface area is 103 Å². The summed E-state index contributed by atoms with van der Waals surface area (Å²) in [6.45, 7) is 3.37. The van der Waals surface area contributed by atoms with Crippen molar-refractivity contribution in [3.8, 4) is 0 Å². The summed E-state index contributed by atoms with van der Waals surface area (Å²) in [5, 5.41) is 3.46. The van der Waals surface area contributed by atoms with E-state index in [4.69, 9.17) is 0 Å². The summed E-state index contributed by atoms with van der Waals surface area (Å²) in [5.74, 6) is 1.14. The Bertz CT molecular complexity index is 262. The highest BCUT2D eigenvalue weighted by molar-refractivity contribution is 7.99. The fourth-order valence-corrected chi connectivity index (χ4v) is 2.23. The van der Waals surface area contributed by atoms with Gasteiger partial charge in [-0.25, -0.2) is 0 Å². The van der Waals surface area contributed by atoms with Gasteiger partial charge in [-0.05, 0) is 45.7 Å². The van der Waals surface area contributed by atoms with E-state index in [1.165, 1.54) is 17.9 Å². The van der Waals surface area contributed by atoms with Gasteiger partial charge in [0.1, 0.15) is 0 Å². The van der Waals surface area contributed by atoms with Crippen LogP contribution < -0.4 is 5.32 Å². The molecule has 0 bridgehead atoms. The molecule has 1 aromatic carbocycles. The predicted molar refractivity (Wildman–Crippen MR) is 73.2 cm³/mol. The van der Waals surface area contributed by atoms with Crippen LogP contribution >= 0.6 is 11.8 Å². The van der Waals surface area contributed by atoms with Crippen molar-refractivity contribution in [1.82, 2.24) is 10.2 Å². The number of rotatable bonds is 8. The topological polar surface area (TPSA) is 15.3 Å². The van der Waals surface area contributed by atoms with Gasteiger partial charge in [0.05, 0.1) is 0 Å². The second-order valence-electron chi connectivity index (χ2n) is 4.07. The molecule has 0 amide bonds. The first kappa shape index (κ1) is 13.6. The lowest BCUT2D eigenvalue weighted by Crippen LogP contribution is -2.22. The third kappa shape index (κ3) is 6.88. The summed E-state index contributed by atoms with van der Waals surface area (Å²) in [7, 11) is 4.23. The Morgan fingerprint density at radius 2 is 1.88 bits per heavy atom. The summed E-state index contributed by atoms with van der Waals surface area (Å²) >= 11 is 1.91. The van der Waals surface area contributed by atoms with Crippen LogP contribution in [0.3, 0.4) is 0 Å². The lowest BCUT2D eigenvalue weighted by atomic mass is 10.4. The molecule has 0 spiro atoms. The number of hydrogen-bond donors (Lipinski definition) is 1. The van der Waals surface area contributed by atoms with E-state index in [1.807, 2.05) is 11.8 Å². The molecule has 2 nitrogen and oxygen atoms in total. The average molecular weight is 238 g/mol. The first-order chi connectivity index (χ1) is 7.79. The number of benzene rings is 1. The molecular formula is C13H22N2S. The van der Waals surface area contributed by atoms with Crippen molar-refractivity contribution in [2.45, 2.75) is 11.3 Å². The van der Waals surface area contributed by atoms with Crippen LogP contribution in [0.15, 0.2) is 35.2 Å². The lowest BCUT2D eigenvalue weighted by molar-refractivity contribution is 0.396. The molecule has 3 heteroatoms. The Morgan fingerprint density at radius 3 is 2.56 bits per heavy atom. The molecular weight excluding hydrogens is 216 g/mol. The van der Waals surface area contributed by atoms with Gasteiger partial charge >= 0.3 is 0 Å². The maximum atomic E-state index is 3.46. The van der Waals surface area contributed by atoms with Crippen molar-refractivity contribution in [3.63, 3.8) is 0 Å². The molecule has 16 heavy (non-hydrogen) atoms. The molecule has 0 atom stereocenters. The van der Waals surface area contributed by atoms with Crippen molar-refractivity contribution in [1.29, 1.82) is 0 Å². The first-order valence-corrected chi connectivity index (χ1v) is 6.81. The second-order valence-corrected chi connectivity index (χ2v) is 5.24. The standard InChI is InChI=1S/C13H22N2S/c1-15(2)11-6-9-14-10-12-16-13-7-4-3-5-8-13/h3-5,7-8,14H,6,9-12H2,1-2H3. The summed E-state index contributed by atoms with van der Waals surface area (Å²) in [6, 6.07) is 10.6. The fourth-order valence-electron chi connectivity index (χ4n) is 1.40. The number of hydrogen-bond acceptors (Lipinski definition) is 3. The van der Waals surface area contributed by atoms with Gasteiger partial charge in [0.15, 0.2) is 0 Å². The van der Waals surface area contributed by atoms with Crippen molar-refractivity contribution < 1.29 is 0 Å². The molecule has 1 N–H and O–H groups in total. The maximum absolute atomic E-state index is 3.46. The van der Waals surface area contributed by atoms with E-state index in [0.29, 0.717) is 0 Å². The van der Waals surface area contributed by atoms with Crippen LogP contribution in [0.1, 0.15) is 6.42 Å². The van der Waals surface area contributed by atoms with Crippen LogP contribution in [0.25, 0.3) is 0 Å². The van der Waals surface area contributed by atoms with Gasteiger partial charge in [-0.1, -0.05) is 18.2 Å². The summed E-state index contributed by atoms with van der Waals surface area (Å²) in [4.78, 5) is 3.58. The summed E-state index contributed by atoms with van der Waals surface area (Å²) in [5.41, 5.74) is 0. The molecule has 0 heterocycles. The van der Waals surface area contributed by atoms with E-state index < -0.39 is 0 Å². The van der Waals surface area contributed by atoms with Crippen LogP contribution in [0.2, 0.25) is 0 Å². The zero-order chi connectivity index (χ0) is 11.6. The zero-order valence-electron chi connectivity index (χ0n) is 10.3. The number of nitrogens with one attached hydrogen (secondary N) is 1. The minimum atomic E-state index is 1.09. The van der Waals surface area contributed by atoms with Crippen LogP contribution in [0.5, 0.6) is 0 Å². The summed E-state index contributed by atoms with van der Waals surface area (Å²) < 4.78 is 0. The maximum Gasteiger partial charge on any atom is 0.0106 e. The van der Waals surface area contributed by atoms with Crippen LogP contribution in [-0.4, -0.2) is 44.4 Å². The molecule has 0 aliphatic carbocycles. The SMILES string of the molecule is CN(C)CCCNCCSc1ccccc1. The molecule has 0 aliphatic heterocycles. The Balaban J connectivity index is 1.93. The van der Waals surface area contributed by atoms with E-state index in [1.54, 1.807) is 0 Å². The minimum absolute atomic E-state index is 1.09. The molecule has 0 aromatic heterocycles. The van der Waals surface area contributed by atoms with Crippen LogP contribution in [0, 0.1) is 0 Å². The van der Waals surface area contributed by atoms with Crippen molar-refractivity contribution >= 4 is 11.8 Å². The fraction of sp³-hybridized carbons (Fsp3) is 0.538. The van der Waals surface area contributed by atoms with E-state index in [2.05, 4.69) is 54.6 Å². The molecule has 1 rings (SSSR count). The molecule has 0 radical (unpaired) electrons. The Morgan fingerprint density at radius 1 is 1.12 bits per heavy atom. The monoisotopic (exact) mass is 238 g/mol. The van der Waals surface area contributed by atoms with E-state index in [9.17, 15) is 0 Å². The van der Waals surface area contributed by atoms with Crippen molar-refractivity contribution in [2.75, 3.05) is 39.5 Å². The minimum Gasteiger partial charge on any atom is -0.316 e. The van der Waals surface area contributed by atoms with Gasteiger partial charge in [-0.2, -0.15) is 0 Å². The smallest absolute Gasteiger partial charge is 0.0106 e.